The van der Waals surface area contributed by atoms with Crippen LogP contribution in [0.5, 0.6) is 0 Å². The molecule has 0 saturated carbocycles. The van der Waals surface area contributed by atoms with E-state index in [2.05, 4.69) is 10.3 Å². The summed E-state index contributed by atoms with van der Waals surface area (Å²) < 4.78 is 0. The molecule has 0 bridgehead atoms. The molecule has 1 aromatic heterocycles. The van der Waals surface area contributed by atoms with Crippen LogP contribution in [-0.2, 0) is 0 Å². The van der Waals surface area contributed by atoms with E-state index in [4.69, 9.17) is 5.73 Å². The highest BCUT2D eigenvalue weighted by atomic mass is 16.6. The summed E-state index contributed by atoms with van der Waals surface area (Å²) in [6.07, 6.45) is 3.31. The Morgan fingerprint density at radius 2 is 2.38 bits per heavy atom. The predicted octanol–water partition coefficient (Wildman–Crippen LogP) is 0.809. The maximum Gasteiger partial charge on any atom is 0.333 e. The van der Waals surface area contributed by atoms with E-state index in [1.807, 2.05) is 13.0 Å². The average Bonchev–Trinajstić information content (AvgIpc) is 2.30. The number of nitrogens with two attached hydrogens (primary N) is 1. The number of likely N-dealkylation sites (N-methyl/N-ethyl adjacent to an activating group) is 1. The van der Waals surface area contributed by atoms with Gasteiger partial charge in [0.25, 0.3) is 0 Å². The molecule has 0 amide bonds. The van der Waals surface area contributed by atoms with Gasteiger partial charge in [-0.3, -0.25) is 10.7 Å². The first-order valence-corrected chi connectivity index (χ1v) is 4.79. The lowest BCUT2D eigenvalue weighted by atomic mass is 9.99. The fourth-order valence-electron chi connectivity index (χ4n) is 1.46. The van der Waals surface area contributed by atoms with Crippen LogP contribution in [0.4, 0.5) is 0 Å². The van der Waals surface area contributed by atoms with Gasteiger partial charge in [0.15, 0.2) is 0 Å². The fraction of sp³-hybridized carbons (Fsp3) is 0.300. The van der Waals surface area contributed by atoms with E-state index in [1.165, 1.54) is 0 Å². The van der Waals surface area contributed by atoms with Gasteiger partial charge in [-0.05, 0) is 16.6 Å². The van der Waals surface area contributed by atoms with E-state index < -0.39 is 4.92 Å². The van der Waals surface area contributed by atoms with Crippen LogP contribution in [-0.4, -0.2) is 17.0 Å². The first-order chi connectivity index (χ1) is 7.57. The minimum Gasteiger partial charge on any atom is -0.384 e. The van der Waals surface area contributed by atoms with Gasteiger partial charge in [0.05, 0.1) is 0 Å². The third kappa shape index (κ3) is 2.47. The molecule has 0 spiro atoms. The number of nitrogens with zero attached hydrogens (tertiary/aromatic N) is 2. The Hall–Kier alpha value is -2.11. The number of aromatic nitrogens is 1. The van der Waals surface area contributed by atoms with Crippen LogP contribution in [0.1, 0.15) is 18.4 Å². The largest absolute Gasteiger partial charge is 0.384 e. The van der Waals surface area contributed by atoms with Gasteiger partial charge in [0.1, 0.15) is 5.70 Å². The molecule has 0 aliphatic heterocycles. The molecular formula is C10H14N4O2. The number of rotatable bonds is 4. The van der Waals surface area contributed by atoms with E-state index in [9.17, 15) is 10.1 Å². The number of nitro groups is 1. The fourth-order valence-corrected chi connectivity index (χ4v) is 1.46. The lowest BCUT2D eigenvalue weighted by Gasteiger charge is -2.15. The summed E-state index contributed by atoms with van der Waals surface area (Å²) in [7, 11) is 1.61. The van der Waals surface area contributed by atoms with Crippen molar-refractivity contribution >= 4 is 0 Å². The van der Waals surface area contributed by atoms with Crippen molar-refractivity contribution in [3.05, 3.63) is 51.7 Å². The SMILES string of the molecule is CNC(=C(N)[N+](=O)[O-])C(C)c1cccnc1. The minimum absolute atomic E-state index is 0.191. The van der Waals surface area contributed by atoms with Crippen LogP contribution in [0.15, 0.2) is 36.0 Å². The number of pyridine rings is 1. The second-order valence-electron chi connectivity index (χ2n) is 3.31. The third-order valence-corrected chi connectivity index (χ3v) is 2.36. The maximum absolute atomic E-state index is 10.6. The predicted molar refractivity (Wildman–Crippen MR) is 59.9 cm³/mol. The molecule has 0 fully saturated rings. The Morgan fingerprint density at radius 3 is 2.81 bits per heavy atom. The molecule has 86 valence electrons. The maximum atomic E-state index is 10.6. The lowest BCUT2D eigenvalue weighted by molar-refractivity contribution is -0.428. The van der Waals surface area contributed by atoms with Crippen LogP contribution in [0.2, 0.25) is 0 Å². The normalized spacial score (nSPS) is 13.9. The third-order valence-electron chi connectivity index (χ3n) is 2.36. The molecule has 0 aliphatic carbocycles. The first-order valence-electron chi connectivity index (χ1n) is 4.79. The molecule has 0 saturated heterocycles. The highest BCUT2D eigenvalue weighted by molar-refractivity contribution is 5.25. The Labute approximate surface area is 93.3 Å². The van der Waals surface area contributed by atoms with Crippen LogP contribution in [0, 0.1) is 10.1 Å². The van der Waals surface area contributed by atoms with Crippen LogP contribution < -0.4 is 11.1 Å². The summed E-state index contributed by atoms with van der Waals surface area (Å²) in [4.78, 5) is 14.0. The Balaban J connectivity index is 3.08. The molecule has 0 aliphatic rings. The summed E-state index contributed by atoms with van der Waals surface area (Å²) in [5.41, 5.74) is 6.67. The van der Waals surface area contributed by atoms with Gasteiger partial charge in [-0.25, -0.2) is 0 Å². The first kappa shape index (κ1) is 12.0. The molecule has 1 rings (SSSR count). The minimum atomic E-state index is -0.599. The van der Waals surface area contributed by atoms with Crippen molar-refractivity contribution in [2.75, 3.05) is 7.05 Å². The summed E-state index contributed by atoms with van der Waals surface area (Å²) in [5.74, 6) is -0.553. The number of hydrogen-bond donors (Lipinski definition) is 2. The van der Waals surface area contributed by atoms with Crippen LogP contribution >= 0.6 is 0 Å². The molecule has 1 heterocycles. The molecule has 1 unspecified atom stereocenters. The summed E-state index contributed by atoms with van der Waals surface area (Å²) in [6.45, 7) is 1.83. The molecule has 16 heavy (non-hydrogen) atoms. The second-order valence-corrected chi connectivity index (χ2v) is 3.31. The molecule has 6 heteroatoms. The molecule has 6 nitrogen and oxygen atoms in total. The Bertz CT molecular complexity index is 403. The highest BCUT2D eigenvalue weighted by Gasteiger charge is 2.19. The van der Waals surface area contributed by atoms with E-state index in [0.717, 1.165) is 5.56 Å². The van der Waals surface area contributed by atoms with Crippen LogP contribution in [0.3, 0.4) is 0 Å². The Kier molecular flexibility index (Phi) is 3.82. The van der Waals surface area contributed by atoms with Crippen molar-refractivity contribution < 1.29 is 4.92 Å². The quantitative estimate of drug-likeness (QED) is 0.580. The molecule has 1 atom stereocenters. The number of allylic oxidation sites excluding steroid dienone is 1. The Morgan fingerprint density at radius 1 is 1.69 bits per heavy atom. The smallest absolute Gasteiger partial charge is 0.333 e. The van der Waals surface area contributed by atoms with Gasteiger partial charge >= 0.3 is 5.82 Å². The molecule has 0 aromatic carbocycles. The zero-order valence-corrected chi connectivity index (χ0v) is 9.18. The summed E-state index contributed by atoms with van der Waals surface area (Å²) >= 11 is 0. The van der Waals surface area contributed by atoms with E-state index >= 15 is 0 Å². The van der Waals surface area contributed by atoms with E-state index in [-0.39, 0.29) is 11.7 Å². The molecule has 1 aromatic rings. The molecular weight excluding hydrogens is 208 g/mol. The van der Waals surface area contributed by atoms with Crippen molar-refractivity contribution in [1.82, 2.24) is 10.3 Å². The van der Waals surface area contributed by atoms with Crippen molar-refractivity contribution in [1.29, 1.82) is 0 Å². The van der Waals surface area contributed by atoms with Crippen molar-refractivity contribution in [3.8, 4) is 0 Å². The highest BCUT2D eigenvalue weighted by Crippen LogP contribution is 2.21. The van der Waals surface area contributed by atoms with Gasteiger partial charge in [0, 0.05) is 25.4 Å². The number of hydrogen-bond acceptors (Lipinski definition) is 5. The van der Waals surface area contributed by atoms with Gasteiger partial charge < -0.3 is 15.4 Å². The summed E-state index contributed by atoms with van der Waals surface area (Å²) in [6, 6.07) is 3.63. The van der Waals surface area contributed by atoms with Crippen molar-refractivity contribution in [2.24, 2.45) is 5.73 Å². The van der Waals surface area contributed by atoms with Gasteiger partial charge in [-0.15, -0.1) is 0 Å². The summed E-state index contributed by atoms with van der Waals surface area (Å²) in [5, 5.41) is 13.4. The monoisotopic (exact) mass is 222 g/mol. The van der Waals surface area contributed by atoms with Crippen LogP contribution in [0.25, 0.3) is 0 Å². The molecule has 0 radical (unpaired) electrons. The topological polar surface area (TPSA) is 94.1 Å². The molecule has 3 N–H and O–H groups in total. The van der Waals surface area contributed by atoms with E-state index in [1.54, 1.807) is 25.5 Å². The van der Waals surface area contributed by atoms with Gasteiger partial charge in [0.2, 0.25) is 0 Å². The zero-order valence-electron chi connectivity index (χ0n) is 9.18. The second kappa shape index (κ2) is 5.11. The van der Waals surface area contributed by atoms with Crippen molar-refractivity contribution in [2.45, 2.75) is 12.8 Å². The van der Waals surface area contributed by atoms with E-state index in [0.29, 0.717) is 5.70 Å². The van der Waals surface area contributed by atoms with Gasteiger partial charge in [-0.1, -0.05) is 13.0 Å². The van der Waals surface area contributed by atoms with Crippen molar-refractivity contribution in [3.63, 3.8) is 0 Å². The number of nitrogens with one attached hydrogen (secondary N) is 1. The standard InChI is InChI=1S/C10H14N4O2/c1-7(8-4-3-5-13-6-8)9(12-2)10(11)14(15)16/h3-7,12H,11H2,1-2H3. The zero-order chi connectivity index (χ0) is 12.1. The van der Waals surface area contributed by atoms with Gasteiger partial charge in [-0.2, -0.15) is 0 Å². The lowest BCUT2D eigenvalue weighted by Crippen LogP contribution is -2.23. The average molecular weight is 222 g/mol.